The highest BCUT2D eigenvalue weighted by atomic mass is 32.1. The number of thiocarbonyl (C=S) groups is 1. The Morgan fingerprint density at radius 3 is 2.29 bits per heavy atom. The summed E-state index contributed by atoms with van der Waals surface area (Å²) in [5.74, 6) is -1.01. The van der Waals surface area contributed by atoms with Crippen LogP contribution in [0.4, 0.5) is 17.6 Å². The molecule has 0 fully saturated rings. The van der Waals surface area contributed by atoms with Crippen LogP contribution in [-0.4, -0.2) is 14.1 Å². The zero-order chi connectivity index (χ0) is 18.4. The number of nitrogens with zero attached hydrogens (tertiary/aromatic N) is 2. The maximum Gasteiger partial charge on any atom is 0.431 e. The zero-order valence-electron chi connectivity index (χ0n) is 12.4. The third kappa shape index (κ3) is 2.96. The summed E-state index contributed by atoms with van der Waals surface area (Å²) in [7, 11) is 0.842. The molecule has 0 saturated heterocycles. The summed E-state index contributed by atoms with van der Waals surface area (Å²) in [5, 5.41) is 0. The number of alkyl halides is 3. The average Bonchev–Trinajstić information content (AvgIpc) is 2.44. The Balaban J connectivity index is 2.83. The number of benzene rings is 1. The molecule has 0 amide bonds. The fraction of sp³-hybridized carbons (Fsp3) is 0.214. The van der Waals surface area contributed by atoms with Crippen LogP contribution in [0.5, 0.6) is 0 Å². The SMILES string of the molecule is Cc1cc(-n2c(=O)cc(C(F)(F)F)n(C)c2=O)c(F)cc1C(N)=S. The largest absolute Gasteiger partial charge is 0.431 e. The molecular weight excluding hydrogens is 350 g/mol. The van der Waals surface area contributed by atoms with Crippen molar-refractivity contribution in [2.45, 2.75) is 13.1 Å². The van der Waals surface area contributed by atoms with Crippen molar-refractivity contribution < 1.29 is 17.6 Å². The van der Waals surface area contributed by atoms with Crippen molar-refractivity contribution in [1.29, 1.82) is 0 Å². The topological polar surface area (TPSA) is 70.0 Å². The Morgan fingerprint density at radius 1 is 1.21 bits per heavy atom. The number of hydrogen-bond donors (Lipinski definition) is 1. The van der Waals surface area contributed by atoms with E-state index in [0.29, 0.717) is 10.1 Å². The third-order valence-corrected chi connectivity index (χ3v) is 3.63. The van der Waals surface area contributed by atoms with Crippen molar-refractivity contribution >= 4 is 17.2 Å². The van der Waals surface area contributed by atoms with E-state index < -0.39 is 34.6 Å². The van der Waals surface area contributed by atoms with E-state index >= 15 is 0 Å². The fourth-order valence-corrected chi connectivity index (χ4v) is 2.44. The predicted octanol–water partition coefficient (Wildman–Crippen LogP) is 1.64. The van der Waals surface area contributed by atoms with E-state index in [4.69, 9.17) is 18.0 Å². The van der Waals surface area contributed by atoms with Gasteiger partial charge in [0, 0.05) is 18.7 Å². The number of aryl methyl sites for hydroxylation is 1. The van der Waals surface area contributed by atoms with Crippen molar-refractivity contribution in [3.63, 3.8) is 0 Å². The molecule has 1 aromatic heterocycles. The lowest BCUT2D eigenvalue weighted by Crippen LogP contribution is -2.41. The predicted molar refractivity (Wildman–Crippen MR) is 82.9 cm³/mol. The molecular formula is C14H11F4N3O2S. The van der Waals surface area contributed by atoms with E-state index in [1.165, 1.54) is 6.92 Å². The number of nitrogens with two attached hydrogens (primary N) is 1. The molecule has 0 unspecified atom stereocenters. The molecule has 1 aromatic carbocycles. The van der Waals surface area contributed by atoms with Crippen molar-refractivity contribution in [2.75, 3.05) is 0 Å². The van der Waals surface area contributed by atoms with Crippen LogP contribution < -0.4 is 17.0 Å². The monoisotopic (exact) mass is 361 g/mol. The van der Waals surface area contributed by atoms with E-state index in [-0.39, 0.29) is 21.2 Å². The highest BCUT2D eigenvalue weighted by Crippen LogP contribution is 2.27. The number of rotatable bonds is 2. The summed E-state index contributed by atoms with van der Waals surface area (Å²) < 4.78 is 53.3. The van der Waals surface area contributed by atoms with E-state index in [1.54, 1.807) is 0 Å². The summed E-state index contributed by atoms with van der Waals surface area (Å²) in [6.07, 6.45) is -4.89. The highest BCUT2D eigenvalue weighted by Gasteiger charge is 2.35. The molecule has 0 aliphatic carbocycles. The quantitative estimate of drug-likeness (QED) is 0.652. The lowest BCUT2D eigenvalue weighted by atomic mass is 10.1. The van der Waals surface area contributed by atoms with Gasteiger partial charge < -0.3 is 5.73 Å². The molecule has 1 heterocycles. The van der Waals surface area contributed by atoms with Gasteiger partial charge in [-0.1, -0.05) is 12.2 Å². The van der Waals surface area contributed by atoms with Gasteiger partial charge in [0.1, 0.15) is 16.5 Å². The van der Waals surface area contributed by atoms with Crippen LogP contribution in [0.15, 0.2) is 27.8 Å². The Bertz CT molecular complexity index is 960. The second-order valence-electron chi connectivity index (χ2n) is 5.03. The first-order chi connectivity index (χ1) is 10.9. The Labute approximate surface area is 137 Å². The normalized spacial score (nSPS) is 11.6. The minimum atomic E-state index is -4.89. The Kier molecular flexibility index (Phi) is 4.36. The minimum Gasteiger partial charge on any atom is -0.389 e. The lowest BCUT2D eigenvalue weighted by molar-refractivity contribution is -0.144. The van der Waals surface area contributed by atoms with Crippen molar-refractivity contribution in [3.8, 4) is 5.69 Å². The van der Waals surface area contributed by atoms with Gasteiger partial charge in [0.2, 0.25) is 0 Å². The summed E-state index contributed by atoms with van der Waals surface area (Å²) >= 11 is 4.75. The molecule has 24 heavy (non-hydrogen) atoms. The Hall–Kier alpha value is -2.49. The second kappa shape index (κ2) is 5.86. The summed E-state index contributed by atoms with van der Waals surface area (Å²) in [4.78, 5) is 24.0. The van der Waals surface area contributed by atoms with Crippen LogP contribution in [0.2, 0.25) is 0 Å². The molecule has 10 heteroatoms. The Morgan fingerprint density at radius 2 is 1.79 bits per heavy atom. The van der Waals surface area contributed by atoms with Gasteiger partial charge in [-0.05, 0) is 24.6 Å². The molecule has 2 rings (SSSR count). The third-order valence-electron chi connectivity index (χ3n) is 3.41. The molecule has 0 aliphatic heterocycles. The van der Waals surface area contributed by atoms with Gasteiger partial charge in [0.15, 0.2) is 0 Å². The van der Waals surface area contributed by atoms with Crippen LogP contribution in [-0.2, 0) is 13.2 Å². The zero-order valence-corrected chi connectivity index (χ0v) is 13.3. The van der Waals surface area contributed by atoms with E-state index in [1.807, 2.05) is 0 Å². The van der Waals surface area contributed by atoms with Gasteiger partial charge in [-0.2, -0.15) is 13.2 Å². The van der Waals surface area contributed by atoms with Gasteiger partial charge >= 0.3 is 11.9 Å². The molecule has 0 spiro atoms. The molecule has 128 valence electrons. The van der Waals surface area contributed by atoms with Gasteiger partial charge in [-0.25, -0.2) is 13.8 Å². The summed E-state index contributed by atoms with van der Waals surface area (Å²) in [5.41, 5.74) is 1.47. The van der Waals surface area contributed by atoms with E-state index in [0.717, 1.165) is 19.2 Å². The number of aromatic nitrogens is 2. The smallest absolute Gasteiger partial charge is 0.389 e. The highest BCUT2D eigenvalue weighted by molar-refractivity contribution is 7.80. The molecule has 2 aromatic rings. The summed E-state index contributed by atoms with van der Waals surface area (Å²) in [6.45, 7) is 1.51. The maximum atomic E-state index is 14.3. The van der Waals surface area contributed by atoms with Crippen molar-refractivity contribution in [2.24, 2.45) is 12.8 Å². The van der Waals surface area contributed by atoms with Gasteiger partial charge in [0.25, 0.3) is 5.56 Å². The van der Waals surface area contributed by atoms with Crippen molar-refractivity contribution in [3.05, 3.63) is 61.7 Å². The van der Waals surface area contributed by atoms with Crippen molar-refractivity contribution in [1.82, 2.24) is 9.13 Å². The number of halogens is 4. The molecule has 0 radical (unpaired) electrons. The first-order valence-electron chi connectivity index (χ1n) is 6.45. The number of hydrogen-bond acceptors (Lipinski definition) is 3. The first-order valence-corrected chi connectivity index (χ1v) is 6.86. The second-order valence-corrected chi connectivity index (χ2v) is 5.47. The van der Waals surface area contributed by atoms with Crippen LogP contribution >= 0.6 is 12.2 Å². The standard InChI is InChI=1S/C14H11F4N3O2S/c1-6-3-9(8(15)4-7(6)12(19)24)21-11(22)5-10(14(16,17)18)20(2)13(21)23/h3-5H,1-2H3,(H2,19,24). The molecule has 0 aliphatic rings. The molecule has 0 atom stereocenters. The van der Waals surface area contributed by atoms with E-state index in [2.05, 4.69) is 0 Å². The molecule has 5 nitrogen and oxygen atoms in total. The first kappa shape index (κ1) is 17.9. The minimum absolute atomic E-state index is 0.0920. The van der Waals surface area contributed by atoms with Crippen LogP contribution in [0.1, 0.15) is 16.8 Å². The maximum absolute atomic E-state index is 14.3. The van der Waals surface area contributed by atoms with Crippen LogP contribution in [0.25, 0.3) is 5.69 Å². The summed E-state index contributed by atoms with van der Waals surface area (Å²) in [6, 6.07) is 2.29. The van der Waals surface area contributed by atoms with E-state index in [9.17, 15) is 27.2 Å². The van der Waals surface area contributed by atoms with Crippen LogP contribution in [0, 0.1) is 12.7 Å². The molecule has 2 N–H and O–H groups in total. The van der Waals surface area contributed by atoms with Gasteiger partial charge in [0.05, 0.1) is 5.69 Å². The molecule has 0 saturated carbocycles. The average molecular weight is 361 g/mol. The van der Waals surface area contributed by atoms with Gasteiger partial charge in [-0.15, -0.1) is 0 Å². The lowest BCUT2D eigenvalue weighted by Gasteiger charge is -2.15. The van der Waals surface area contributed by atoms with Gasteiger partial charge in [-0.3, -0.25) is 9.36 Å². The molecule has 0 bridgehead atoms. The van der Waals surface area contributed by atoms with Crippen LogP contribution in [0.3, 0.4) is 0 Å². The fourth-order valence-electron chi connectivity index (χ4n) is 2.22.